The molecule has 0 radical (unpaired) electrons. The molecule has 0 saturated carbocycles. The molecule has 2 rings (SSSR count). The summed E-state index contributed by atoms with van der Waals surface area (Å²) in [5, 5.41) is 5.42. The van der Waals surface area contributed by atoms with Crippen molar-refractivity contribution in [2.45, 2.75) is 45.2 Å². The molecule has 0 aliphatic heterocycles. The molecule has 0 unspecified atom stereocenters. The van der Waals surface area contributed by atoms with E-state index < -0.39 is 12.1 Å². The summed E-state index contributed by atoms with van der Waals surface area (Å²) in [5.41, 5.74) is 7.08. The van der Waals surface area contributed by atoms with Gasteiger partial charge in [0.25, 0.3) is 0 Å². The molecule has 3 amide bonds. The van der Waals surface area contributed by atoms with Gasteiger partial charge in [0.05, 0.1) is 17.9 Å². The number of amides is 3. The number of carbonyl (C=O) groups excluding carboxylic acids is 2. The number of nitrogens with zero attached hydrogens (tertiary/aromatic N) is 1. The molecule has 0 spiro atoms. The number of benzene rings is 1. The predicted octanol–water partition coefficient (Wildman–Crippen LogP) is 2.48. The first-order valence-electron chi connectivity index (χ1n) is 8.51. The molecular weight excluding hydrogens is 318 g/mol. The van der Waals surface area contributed by atoms with Crippen molar-refractivity contribution in [1.82, 2.24) is 20.6 Å². The van der Waals surface area contributed by atoms with Crippen LogP contribution in [-0.4, -0.2) is 27.9 Å². The van der Waals surface area contributed by atoms with Crippen LogP contribution in [0.15, 0.2) is 36.5 Å². The van der Waals surface area contributed by atoms with Crippen molar-refractivity contribution in [2.24, 2.45) is 5.73 Å². The fourth-order valence-corrected chi connectivity index (χ4v) is 2.64. The van der Waals surface area contributed by atoms with Crippen LogP contribution < -0.4 is 16.4 Å². The van der Waals surface area contributed by atoms with Gasteiger partial charge < -0.3 is 21.4 Å². The molecule has 1 aromatic heterocycles. The molecule has 0 aliphatic rings. The Morgan fingerprint density at radius 1 is 1.20 bits per heavy atom. The third kappa shape index (κ3) is 5.07. The minimum absolute atomic E-state index is 0.259. The molecule has 5 N–H and O–H groups in total. The standard InChI is InChI=1S/C18H25N5O2/c1-3-8-14(23-18(19)25)17(24)22-13(4-2)16-20-11-15(21-16)12-9-6-5-7-10-12/h5-7,9-11,13-14H,3-4,8H2,1-2H3,(H,20,21)(H,22,24)(H3,19,23,25)/t13-,14-/m1/s1. The van der Waals surface area contributed by atoms with E-state index in [0.29, 0.717) is 18.7 Å². The summed E-state index contributed by atoms with van der Waals surface area (Å²) in [5.74, 6) is 0.425. The Hall–Kier alpha value is -2.83. The monoisotopic (exact) mass is 343 g/mol. The third-order valence-corrected chi connectivity index (χ3v) is 3.95. The SMILES string of the molecule is CCC[C@@H](NC(N)=O)C(=O)N[C@H](CC)c1ncc(-c2ccccc2)[nH]1. The molecule has 2 aromatic rings. The van der Waals surface area contributed by atoms with E-state index in [2.05, 4.69) is 20.6 Å². The lowest BCUT2D eigenvalue weighted by molar-refractivity contribution is -0.123. The molecule has 0 bridgehead atoms. The van der Waals surface area contributed by atoms with Gasteiger partial charge in [-0.3, -0.25) is 4.79 Å². The maximum Gasteiger partial charge on any atom is 0.312 e. The van der Waals surface area contributed by atoms with Crippen molar-refractivity contribution in [1.29, 1.82) is 0 Å². The van der Waals surface area contributed by atoms with Gasteiger partial charge in [0, 0.05) is 0 Å². The number of rotatable bonds is 8. The van der Waals surface area contributed by atoms with E-state index >= 15 is 0 Å². The van der Waals surface area contributed by atoms with E-state index in [4.69, 9.17) is 5.73 Å². The molecule has 1 heterocycles. The number of nitrogens with one attached hydrogen (secondary N) is 3. The van der Waals surface area contributed by atoms with Crippen LogP contribution in [0.3, 0.4) is 0 Å². The number of H-pyrrole nitrogens is 1. The first kappa shape index (κ1) is 18.5. The summed E-state index contributed by atoms with van der Waals surface area (Å²) < 4.78 is 0. The second-order valence-corrected chi connectivity index (χ2v) is 5.87. The molecule has 0 aliphatic carbocycles. The van der Waals surface area contributed by atoms with Gasteiger partial charge in [-0.05, 0) is 18.4 Å². The fraction of sp³-hybridized carbons (Fsp3) is 0.389. The summed E-state index contributed by atoms with van der Waals surface area (Å²) in [6, 6.07) is 8.25. The minimum atomic E-state index is -0.703. The zero-order valence-electron chi connectivity index (χ0n) is 14.6. The highest BCUT2D eigenvalue weighted by atomic mass is 16.2. The molecule has 0 saturated heterocycles. The molecule has 134 valence electrons. The van der Waals surface area contributed by atoms with Crippen molar-refractivity contribution in [3.63, 3.8) is 0 Å². The van der Waals surface area contributed by atoms with Gasteiger partial charge in [-0.1, -0.05) is 50.6 Å². The number of aromatic amines is 1. The van der Waals surface area contributed by atoms with Gasteiger partial charge in [0.15, 0.2) is 0 Å². The van der Waals surface area contributed by atoms with Gasteiger partial charge in [-0.2, -0.15) is 0 Å². The Morgan fingerprint density at radius 2 is 1.92 bits per heavy atom. The fourth-order valence-electron chi connectivity index (χ4n) is 2.64. The average Bonchev–Trinajstić information content (AvgIpc) is 3.09. The number of imidazole rings is 1. The molecule has 1 aromatic carbocycles. The Bertz CT molecular complexity index is 699. The highest BCUT2D eigenvalue weighted by molar-refractivity contribution is 5.86. The van der Waals surface area contributed by atoms with Crippen LogP contribution >= 0.6 is 0 Å². The van der Waals surface area contributed by atoms with Gasteiger partial charge in [-0.15, -0.1) is 0 Å². The van der Waals surface area contributed by atoms with Crippen LogP contribution in [-0.2, 0) is 4.79 Å². The summed E-state index contributed by atoms with van der Waals surface area (Å²) >= 11 is 0. The van der Waals surface area contributed by atoms with Crippen molar-refractivity contribution in [3.8, 4) is 11.3 Å². The van der Waals surface area contributed by atoms with Crippen molar-refractivity contribution >= 4 is 11.9 Å². The van der Waals surface area contributed by atoms with Gasteiger partial charge in [-0.25, -0.2) is 9.78 Å². The topological polar surface area (TPSA) is 113 Å². The summed E-state index contributed by atoms with van der Waals surface area (Å²) in [6.45, 7) is 3.91. The molecule has 0 fully saturated rings. The zero-order chi connectivity index (χ0) is 18.2. The van der Waals surface area contributed by atoms with Gasteiger partial charge in [0.2, 0.25) is 5.91 Å². The normalized spacial score (nSPS) is 13.0. The number of primary amides is 1. The van der Waals surface area contributed by atoms with Crippen LogP contribution in [0.2, 0.25) is 0 Å². The van der Waals surface area contributed by atoms with Crippen molar-refractivity contribution in [3.05, 3.63) is 42.4 Å². The number of urea groups is 1. The summed E-state index contributed by atoms with van der Waals surface area (Å²) in [4.78, 5) is 31.2. The molecule has 7 nitrogen and oxygen atoms in total. The van der Waals surface area contributed by atoms with E-state index in [1.54, 1.807) is 6.20 Å². The van der Waals surface area contributed by atoms with Crippen molar-refractivity contribution < 1.29 is 9.59 Å². The Labute approximate surface area is 147 Å². The molecule has 2 atom stereocenters. The number of aromatic nitrogens is 2. The van der Waals surface area contributed by atoms with Crippen LogP contribution in [0.1, 0.15) is 45.0 Å². The van der Waals surface area contributed by atoms with E-state index in [9.17, 15) is 9.59 Å². The average molecular weight is 343 g/mol. The van der Waals surface area contributed by atoms with Crippen LogP contribution in [0.5, 0.6) is 0 Å². The Morgan fingerprint density at radius 3 is 2.52 bits per heavy atom. The van der Waals surface area contributed by atoms with E-state index in [1.165, 1.54) is 0 Å². The second kappa shape index (κ2) is 8.86. The number of nitrogens with two attached hydrogens (primary N) is 1. The quantitative estimate of drug-likeness (QED) is 0.590. The number of hydrogen-bond acceptors (Lipinski definition) is 3. The highest BCUT2D eigenvalue weighted by Gasteiger charge is 2.23. The van der Waals surface area contributed by atoms with Crippen LogP contribution in [0.25, 0.3) is 11.3 Å². The zero-order valence-corrected chi connectivity index (χ0v) is 14.6. The van der Waals surface area contributed by atoms with Crippen LogP contribution in [0.4, 0.5) is 4.79 Å². The largest absolute Gasteiger partial charge is 0.352 e. The lowest BCUT2D eigenvalue weighted by Gasteiger charge is -2.20. The first-order valence-corrected chi connectivity index (χ1v) is 8.51. The second-order valence-electron chi connectivity index (χ2n) is 5.87. The molecule has 25 heavy (non-hydrogen) atoms. The minimum Gasteiger partial charge on any atom is -0.352 e. The highest BCUT2D eigenvalue weighted by Crippen LogP contribution is 2.20. The summed E-state index contributed by atoms with van der Waals surface area (Å²) in [7, 11) is 0. The number of carbonyl (C=O) groups is 2. The molecular formula is C18H25N5O2. The Balaban J connectivity index is 2.10. The summed E-state index contributed by atoms with van der Waals surface area (Å²) in [6.07, 6.45) is 3.71. The smallest absolute Gasteiger partial charge is 0.312 e. The Kier molecular flexibility index (Phi) is 6.56. The molecule has 7 heteroatoms. The first-order chi connectivity index (χ1) is 12.0. The lowest BCUT2D eigenvalue weighted by atomic mass is 10.1. The van der Waals surface area contributed by atoms with E-state index in [-0.39, 0.29) is 11.9 Å². The van der Waals surface area contributed by atoms with Gasteiger partial charge in [0.1, 0.15) is 11.9 Å². The van der Waals surface area contributed by atoms with Gasteiger partial charge >= 0.3 is 6.03 Å². The lowest BCUT2D eigenvalue weighted by Crippen LogP contribution is -2.49. The van der Waals surface area contributed by atoms with E-state index in [0.717, 1.165) is 17.7 Å². The third-order valence-electron chi connectivity index (χ3n) is 3.95. The predicted molar refractivity (Wildman–Crippen MR) is 96.6 cm³/mol. The maximum absolute atomic E-state index is 12.5. The van der Waals surface area contributed by atoms with Crippen LogP contribution in [0, 0.1) is 0 Å². The van der Waals surface area contributed by atoms with E-state index in [1.807, 2.05) is 44.2 Å². The maximum atomic E-state index is 12.5. The van der Waals surface area contributed by atoms with Crippen molar-refractivity contribution in [2.75, 3.05) is 0 Å². The number of hydrogen-bond donors (Lipinski definition) is 4.